The molecule has 1 aromatic carbocycles. The van der Waals surface area contributed by atoms with Crippen molar-refractivity contribution >= 4 is 38.9 Å². The molecule has 4 aromatic heterocycles. The van der Waals surface area contributed by atoms with Crippen molar-refractivity contribution in [1.82, 2.24) is 18.9 Å². The van der Waals surface area contributed by atoms with Crippen molar-refractivity contribution in [2.75, 3.05) is 5.32 Å². The van der Waals surface area contributed by atoms with Gasteiger partial charge in [-0.05, 0) is 31.5 Å². The summed E-state index contributed by atoms with van der Waals surface area (Å²) in [4.78, 5) is 34.8. The minimum absolute atomic E-state index is 0.200. The second kappa shape index (κ2) is 8.35. The van der Waals surface area contributed by atoms with E-state index in [0.29, 0.717) is 44.5 Å². The van der Waals surface area contributed by atoms with E-state index in [1.807, 2.05) is 56.3 Å². The molecule has 0 unspecified atom stereocenters. The van der Waals surface area contributed by atoms with Crippen molar-refractivity contribution in [3.63, 3.8) is 0 Å². The number of nitrogens with one attached hydrogen (secondary N) is 2. The van der Waals surface area contributed by atoms with Crippen LogP contribution in [0.25, 0.3) is 38.5 Å². The van der Waals surface area contributed by atoms with E-state index in [-0.39, 0.29) is 17.0 Å². The van der Waals surface area contributed by atoms with E-state index in [1.54, 1.807) is 16.8 Å². The van der Waals surface area contributed by atoms with E-state index in [9.17, 15) is 9.59 Å². The van der Waals surface area contributed by atoms with Gasteiger partial charge in [0.15, 0.2) is 0 Å². The molecule has 0 fully saturated rings. The molecular weight excluding hydrogens is 448 g/mol. The molecule has 0 spiro atoms. The summed E-state index contributed by atoms with van der Waals surface area (Å²) in [5, 5.41) is 13.3. The minimum atomic E-state index is -0.204. The molecule has 0 aliphatic rings. The zero-order chi connectivity index (χ0) is 24.0. The Morgan fingerprint density at radius 2 is 1.88 bits per heavy atom. The van der Waals surface area contributed by atoms with Crippen LogP contribution in [-0.4, -0.2) is 24.8 Å². The lowest BCUT2D eigenvalue weighted by atomic mass is 10.1. The van der Waals surface area contributed by atoms with Crippen molar-refractivity contribution in [2.24, 2.45) is 0 Å². The molecule has 5 aromatic rings. The maximum Gasteiger partial charge on any atom is 0.267 e. The fourth-order valence-corrected chi connectivity index (χ4v) is 5.09. The second-order valence-corrected chi connectivity index (χ2v) is 8.93. The van der Waals surface area contributed by atoms with Gasteiger partial charge in [-0.1, -0.05) is 47.7 Å². The fraction of sp³-hybridized carbons (Fsp3) is 0.160. The molecule has 0 radical (unpaired) electrons. The summed E-state index contributed by atoms with van der Waals surface area (Å²) in [5.41, 5.74) is 3.93. The average Bonchev–Trinajstić information content (AvgIpc) is 3.23. The van der Waals surface area contributed by atoms with Crippen molar-refractivity contribution < 1.29 is 4.79 Å². The normalized spacial score (nSPS) is 11.3. The van der Waals surface area contributed by atoms with E-state index >= 15 is 0 Å². The number of nitrogens with zero attached hydrogens (tertiary/aromatic N) is 4. The SMILES string of the molecule is CCn1c(=N)c(-c2nc(-c3ccccc3)c(NC(C)=O)s2)cc2c(=O)n3cccc(C)c3nc21. The van der Waals surface area contributed by atoms with Crippen LogP contribution in [0, 0.1) is 12.3 Å². The van der Waals surface area contributed by atoms with E-state index < -0.39 is 0 Å². The predicted molar refractivity (Wildman–Crippen MR) is 134 cm³/mol. The van der Waals surface area contributed by atoms with Gasteiger partial charge < -0.3 is 9.88 Å². The quantitative estimate of drug-likeness (QED) is 0.384. The Morgan fingerprint density at radius 1 is 1.12 bits per heavy atom. The molecule has 5 rings (SSSR count). The van der Waals surface area contributed by atoms with Gasteiger partial charge in [-0.15, -0.1) is 0 Å². The zero-order valence-electron chi connectivity index (χ0n) is 18.9. The number of aromatic nitrogens is 4. The van der Waals surface area contributed by atoms with Crippen LogP contribution in [-0.2, 0) is 11.3 Å². The maximum absolute atomic E-state index is 13.4. The van der Waals surface area contributed by atoms with Crippen LogP contribution < -0.4 is 16.4 Å². The zero-order valence-corrected chi connectivity index (χ0v) is 19.7. The summed E-state index contributed by atoms with van der Waals surface area (Å²) < 4.78 is 3.26. The number of pyridine rings is 2. The number of aryl methyl sites for hydroxylation is 2. The van der Waals surface area contributed by atoms with E-state index in [2.05, 4.69) is 5.32 Å². The Hall–Kier alpha value is -4.11. The van der Waals surface area contributed by atoms with Gasteiger partial charge in [-0.2, -0.15) is 0 Å². The summed E-state index contributed by atoms with van der Waals surface area (Å²) in [7, 11) is 0. The monoisotopic (exact) mass is 470 g/mol. The molecule has 0 saturated heterocycles. The van der Waals surface area contributed by atoms with Gasteiger partial charge in [-0.3, -0.25) is 19.4 Å². The molecule has 1 amide bonds. The van der Waals surface area contributed by atoms with Crippen LogP contribution in [0.4, 0.5) is 5.00 Å². The second-order valence-electron chi connectivity index (χ2n) is 7.93. The first kappa shape index (κ1) is 21.7. The molecule has 4 heterocycles. The third kappa shape index (κ3) is 3.50. The Morgan fingerprint density at radius 3 is 2.59 bits per heavy atom. The Bertz CT molecular complexity index is 1700. The van der Waals surface area contributed by atoms with Gasteiger partial charge in [0.1, 0.15) is 32.5 Å². The standard InChI is InChI=1S/C25H22N6O2S/c1-4-30-20(26)17(13-18-22(30)29-21-14(2)9-8-12-31(21)25(18)33)23-28-19(16-10-6-5-7-11-16)24(34-23)27-15(3)32/h5-13,26H,4H2,1-3H3,(H,27,32). The van der Waals surface area contributed by atoms with Crippen LogP contribution >= 0.6 is 11.3 Å². The van der Waals surface area contributed by atoms with Crippen molar-refractivity contribution in [1.29, 1.82) is 5.41 Å². The fourth-order valence-electron chi connectivity index (χ4n) is 4.04. The highest BCUT2D eigenvalue weighted by atomic mass is 32.1. The molecule has 0 aliphatic heterocycles. The largest absolute Gasteiger partial charge is 0.316 e. The van der Waals surface area contributed by atoms with Crippen LogP contribution in [0.1, 0.15) is 19.4 Å². The first-order valence-corrected chi connectivity index (χ1v) is 11.6. The Balaban J connectivity index is 1.82. The number of hydrogen-bond acceptors (Lipinski definition) is 6. The lowest BCUT2D eigenvalue weighted by molar-refractivity contribution is -0.114. The molecule has 170 valence electrons. The molecule has 34 heavy (non-hydrogen) atoms. The molecule has 8 nitrogen and oxygen atoms in total. The number of hydrogen-bond donors (Lipinski definition) is 2. The van der Waals surface area contributed by atoms with Gasteiger partial charge in [0.2, 0.25) is 5.91 Å². The third-order valence-electron chi connectivity index (χ3n) is 5.64. The van der Waals surface area contributed by atoms with E-state index in [0.717, 1.165) is 11.1 Å². The highest BCUT2D eigenvalue weighted by molar-refractivity contribution is 7.19. The van der Waals surface area contributed by atoms with Gasteiger partial charge in [0.05, 0.1) is 10.9 Å². The Labute approximate surface area is 198 Å². The summed E-state index contributed by atoms with van der Waals surface area (Å²) in [6, 6.07) is 15.0. The number of fused-ring (bicyclic) bond motifs is 2. The highest BCUT2D eigenvalue weighted by Gasteiger charge is 2.20. The molecule has 0 aliphatic carbocycles. The topological polar surface area (TPSA) is 105 Å². The summed E-state index contributed by atoms with van der Waals surface area (Å²) >= 11 is 1.28. The molecule has 0 atom stereocenters. The number of benzene rings is 1. The van der Waals surface area contributed by atoms with Gasteiger partial charge >= 0.3 is 0 Å². The Kier molecular flexibility index (Phi) is 5.33. The van der Waals surface area contributed by atoms with E-state index in [1.165, 1.54) is 22.7 Å². The van der Waals surface area contributed by atoms with Gasteiger partial charge in [-0.25, -0.2) is 9.97 Å². The number of anilines is 1. The van der Waals surface area contributed by atoms with Crippen molar-refractivity contribution in [3.05, 3.63) is 76.1 Å². The maximum atomic E-state index is 13.4. The van der Waals surface area contributed by atoms with Crippen LogP contribution in [0.2, 0.25) is 0 Å². The van der Waals surface area contributed by atoms with Crippen LogP contribution in [0.5, 0.6) is 0 Å². The number of amides is 1. The predicted octanol–water partition coefficient (Wildman–Crippen LogP) is 4.21. The molecule has 9 heteroatoms. The summed E-state index contributed by atoms with van der Waals surface area (Å²) in [6.07, 6.45) is 1.70. The number of thiazole rings is 1. The first-order valence-electron chi connectivity index (χ1n) is 10.8. The minimum Gasteiger partial charge on any atom is -0.316 e. The number of carbonyl (C=O) groups excluding carboxylic acids is 1. The van der Waals surface area contributed by atoms with Crippen molar-refractivity contribution in [3.8, 4) is 21.8 Å². The van der Waals surface area contributed by atoms with Crippen LogP contribution in [0.3, 0.4) is 0 Å². The lowest BCUT2D eigenvalue weighted by Gasteiger charge is -2.13. The molecular formula is C25H22N6O2S. The number of carbonyl (C=O) groups is 1. The average molecular weight is 471 g/mol. The lowest BCUT2D eigenvalue weighted by Crippen LogP contribution is -2.26. The number of rotatable bonds is 4. The third-order valence-corrected chi connectivity index (χ3v) is 6.65. The van der Waals surface area contributed by atoms with E-state index in [4.69, 9.17) is 15.4 Å². The van der Waals surface area contributed by atoms with Crippen molar-refractivity contribution in [2.45, 2.75) is 27.3 Å². The summed E-state index contributed by atoms with van der Waals surface area (Å²) in [6.45, 7) is 5.74. The smallest absolute Gasteiger partial charge is 0.267 e. The molecule has 0 bridgehead atoms. The molecule has 0 saturated carbocycles. The summed E-state index contributed by atoms with van der Waals surface area (Å²) in [5.74, 6) is -0.204. The van der Waals surface area contributed by atoms with Gasteiger partial charge in [0, 0.05) is 25.2 Å². The first-order chi connectivity index (χ1) is 16.4. The highest BCUT2D eigenvalue weighted by Crippen LogP contribution is 2.37. The molecule has 2 N–H and O–H groups in total. The van der Waals surface area contributed by atoms with Gasteiger partial charge in [0.25, 0.3) is 5.56 Å². The van der Waals surface area contributed by atoms with Crippen LogP contribution in [0.15, 0.2) is 59.5 Å².